The van der Waals surface area contributed by atoms with Crippen molar-refractivity contribution in [1.29, 1.82) is 0 Å². The Balaban J connectivity index is 1.47. The molecule has 0 radical (unpaired) electrons. The summed E-state index contributed by atoms with van der Waals surface area (Å²) in [5, 5.41) is 2.82. The van der Waals surface area contributed by atoms with Gasteiger partial charge in [-0.3, -0.25) is 14.9 Å². The second-order valence-electron chi connectivity index (χ2n) is 7.53. The quantitative estimate of drug-likeness (QED) is 0.549. The van der Waals surface area contributed by atoms with Crippen LogP contribution in [0.4, 0.5) is 0 Å². The van der Waals surface area contributed by atoms with Crippen molar-refractivity contribution in [2.75, 3.05) is 32.8 Å². The van der Waals surface area contributed by atoms with Gasteiger partial charge in [0.15, 0.2) is 5.92 Å². The van der Waals surface area contributed by atoms with Crippen LogP contribution in [-0.2, 0) is 20.9 Å². The van der Waals surface area contributed by atoms with E-state index in [-0.39, 0.29) is 6.61 Å². The molecule has 8 heteroatoms. The monoisotopic (exact) mass is 411 g/mol. The zero-order chi connectivity index (χ0) is 20.9. The summed E-state index contributed by atoms with van der Waals surface area (Å²) in [4.78, 5) is 33.5. The number of aliphatic imine (C=N–C) groups is 1. The lowest BCUT2D eigenvalue weighted by molar-refractivity contribution is -0.917. The molecule has 4 rings (SSSR count). The molecule has 1 aromatic carbocycles. The van der Waals surface area contributed by atoms with Gasteiger partial charge < -0.3 is 19.0 Å². The maximum absolute atomic E-state index is 12.8. The average Bonchev–Trinajstić information content (AvgIpc) is 3.29. The van der Waals surface area contributed by atoms with Crippen molar-refractivity contribution in [1.82, 2.24) is 10.2 Å². The number of piperazine rings is 1. The molecule has 2 aromatic rings. The minimum absolute atomic E-state index is 0.205. The fourth-order valence-corrected chi connectivity index (χ4v) is 3.98. The van der Waals surface area contributed by atoms with E-state index in [4.69, 9.17) is 14.1 Å². The first-order valence-corrected chi connectivity index (χ1v) is 10.4. The lowest BCUT2D eigenvalue weighted by Gasteiger charge is -2.36. The number of quaternary nitrogens is 1. The van der Waals surface area contributed by atoms with E-state index >= 15 is 0 Å². The molecular formula is C22H27N4O4+. The molecular weight excluding hydrogens is 384 g/mol. The molecule has 8 nitrogen and oxygen atoms in total. The van der Waals surface area contributed by atoms with Crippen LogP contribution >= 0.6 is 0 Å². The molecule has 2 aliphatic rings. The molecule has 0 unspecified atom stereocenters. The number of nitrogens with one attached hydrogen (secondary N) is 2. The number of esters is 1. The summed E-state index contributed by atoms with van der Waals surface area (Å²) in [6.07, 6.45) is 1.52. The zero-order valence-electron chi connectivity index (χ0n) is 17.0. The van der Waals surface area contributed by atoms with Gasteiger partial charge in [-0.25, -0.2) is 4.99 Å². The number of hydrogen-bond donors (Lipinski definition) is 2. The predicted molar refractivity (Wildman–Crippen MR) is 110 cm³/mol. The van der Waals surface area contributed by atoms with E-state index in [1.54, 1.807) is 19.1 Å². The largest absolute Gasteiger partial charge is 0.467 e. The molecule has 0 aliphatic carbocycles. The second-order valence-corrected chi connectivity index (χ2v) is 7.53. The van der Waals surface area contributed by atoms with Crippen LogP contribution in [0.5, 0.6) is 0 Å². The molecule has 0 spiro atoms. The maximum Gasteiger partial charge on any atom is 0.321 e. The Morgan fingerprint density at radius 2 is 2.00 bits per heavy atom. The van der Waals surface area contributed by atoms with E-state index in [0.29, 0.717) is 11.7 Å². The van der Waals surface area contributed by atoms with Crippen molar-refractivity contribution in [3.8, 4) is 0 Å². The Bertz CT molecular complexity index is 889. The highest BCUT2D eigenvalue weighted by atomic mass is 16.5. The highest BCUT2D eigenvalue weighted by molar-refractivity contribution is 6.08. The molecule has 0 saturated carbocycles. The number of rotatable bonds is 5. The van der Waals surface area contributed by atoms with Crippen molar-refractivity contribution in [2.24, 2.45) is 10.9 Å². The maximum atomic E-state index is 12.8. The number of carbonyl (C=O) groups excluding carboxylic acids is 2. The van der Waals surface area contributed by atoms with Gasteiger partial charge in [-0.05, 0) is 19.1 Å². The van der Waals surface area contributed by atoms with E-state index < -0.39 is 23.8 Å². The lowest BCUT2D eigenvalue weighted by atomic mass is 9.95. The lowest BCUT2D eigenvalue weighted by Crippen LogP contribution is -3.13. The molecule has 3 heterocycles. The molecule has 2 atom stereocenters. The van der Waals surface area contributed by atoms with Gasteiger partial charge in [0.1, 0.15) is 18.3 Å². The fourth-order valence-electron chi connectivity index (χ4n) is 3.98. The van der Waals surface area contributed by atoms with Crippen LogP contribution in [0.25, 0.3) is 0 Å². The highest BCUT2D eigenvalue weighted by Gasteiger charge is 2.43. The summed E-state index contributed by atoms with van der Waals surface area (Å²) < 4.78 is 10.6. The Labute approximate surface area is 175 Å². The van der Waals surface area contributed by atoms with E-state index in [1.165, 1.54) is 16.7 Å². The first-order valence-electron chi connectivity index (χ1n) is 10.4. The van der Waals surface area contributed by atoms with Gasteiger partial charge >= 0.3 is 5.97 Å². The van der Waals surface area contributed by atoms with Crippen LogP contribution in [0, 0.1) is 5.92 Å². The van der Waals surface area contributed by atoms with Crippen LogP contribution < -0.4 is 10.2 Å². The number of ether oxygens (including phenoxy) is 1. The molecule has 30 heavy (non-hydrogen) atoms. The summed E-state index contributed by atoms with van der Waals surface area (Å²) >= 11 is 0. The van der Waals surface area contributed by atoms with Crippen LogP contribution in [0.15, 0.2) is 58.1 Å². The molecule has 2 aliphatic heterocycles. The highest BCUT2D eigenvalue weighted by Crippen LogP contribution is 2.31. The average molecular weight is 411 g/mol. The first-order chi connectivity index (χ1) is 14.7. The number of amides is 1. The SMILES string of the molecule is CCOC(=O)[C@H]1C(=O)NC(N2CC[NH+](Cc3ccccc3)CC2)=N[C@H]1c1ccco1. The van der Waals surface area contributed by atoms with Gasteiger partial charge in [-0.2, -0.15) is 0 Å². The van der Waals surface area contributed by atoms with Gasteiger partial charge in [-0.1, -0.05) is 30.3 Å². The number of guanidine groups is 1. The summed E-state index contributed by atoms with van der Waals surface area (Å²) in [7, 11) is 0. The summed E-state index contributed by atoms with van der Waals surface area (Å²) in [5.74, 6) is -1.06. The molecule has 1 aromatic heterocycles. The molecule has 0 bridgehead atoms. The van der Waals surface area contributed by atoms with Crippen molar-refractivity contribution in [3.05, 3.63) is 60.1 Å². The summed E-state index contributed by atoms with van der Waals surface area (Å²) in [6.45, 7) is 6.33. The number of carbonyl (C=O) groups is 2. The minimum atomic E-state index is -1.05. The number of nitrogens with zero attached hydrogens (tertiary/aromatic N) is 2. The standard InChI is InChI=1S/C22H26N4O4/c1-2-29-21(28)18-19(17-9-6-14-30-17)23-22(24-20(18)27)26-12-10-25(11-13-26)15-16-7-4-3-5-8-16/h3-9,14,18-19H,2,10-13,15H2,1H3,(H,23,24,27)/p+1/t18-,19+/m1/s1. The Hall–Kier alpha value is -3.13. The van der Waals surface area contributed by atoms with Gasteiger partial charge in [0.25, 0.3) is 0 Å². The van der Waals surface area contributed by atoms with Crippen molar-refractivity contribution in [3.63, 3.8) is 0 Å². The van der Waals surface area contributed by atoms with Gasteiger partial charge in [0, 0.05) is 5.56 Å². The number of benzene rings is 1. The van der Waals surface area contributed by atoms with E-state index in [9.17, 15) is 9.59 Å². The normalized spacial score (nSPS) is 22.4. The number of hydrogen-bond acceptors (Lipinski definition) is 6. The van der Waals surface area contributed by atoms with Crippen LogP contribution in [0.2, 0.25) is 0 Å². The van der Waals surface area contributed by atoms with Crippen LogP contribution in [-0.4, -0.2) is 55.5 Å². The Morgan fingerprint density at radius 3 is 2.67 bits per heavy atom. The Morgan fingerprint density at radius 1 is 1.23 bits per heavy atom. The summed E-state index contributed by atoms with van der Waals surface area (Å²) in [5.41, 5.74) is 1.32. The van der Waals surface area contributed by atoms with Gasteiger partial charge in [0.2, 0.25) is 11.9 Å². The fraction of sp³-hybridized carbons (Fsp3) is 0.409. The zero-order valence-corrected chi connectivity index (χ0v) is 17.0. The van der Waals surface area contributed by atoms with Crippen molar-refractivity contribution in [2.45, 2.75) is 19.5 Å². The third kappa shape index (κ3) is 4.38. The minimum Gasteiger partial charge on any atom is -0.467 e. The third-order valence-corrected chi connectivity index (χ3v) is 5.54. The molecule has 1 fully saturated rings. The smallest absolute Gasteiger partial charge is 0.321 e. The third-order valence-electron chi connectivity index (χ3n) is 5.54. The van der Waals surface area contributed by atoms with E-state index in [2.05, 4.69) is 34.5 Å². The molecule has 1 saturated heterocycles. The Kier molecular flexibility index (Phi) is 6.13. The van der Waals surface area contributed by atoms with Gasteiger partial charge in [-0.15, -0.1) is 0 Å². The van der Waals surface area contributed by atoms with Crippen molar-refractivity contribution >= 4 is 17.8 Å². The number of furan rings is 1. The van der Waals surface area contributed by atoms with E-state index in [1.807, 2.05) is 6.07 Å². The van der Waals surface area contributed by atoms with Crippen LogP contribution in [0.3, 0.4) is 0 Å². The second kappa shape index (κ2) is 9.13. The van der Waals surface area contributed by atoms with Crippen LogP contribution in [0.1, 0.15) is 24.3 Å². The van der Waals surface area contributed by atoms with Crippen molar-refractivity contribution < 1.29 is 23.6 Å². The molecule has 158 valence electrons. The molecule has 2 N–H and O–H groups in total. The van der Waals surface area contributed by atoms with E-state index in [0.717, 1.165) is 32.7 Å². The summed E-state index contributed by atoms with van der Waals surface area (Å²) in [6, 6.07) is 13.2. The molecule has 1 amide bonds. The topological polar surface area (TPSA) is 88.6 Å². The first kappa shape index (κ1) is 20.2. The predicted octanol–water partition coefficient (Wildman–Crippen LogP) is 0.387. The van der Waals surface area contributed by atoms with Gasteiger partial charge in [0.05, 0.1) is 39.0 Å².